The highest BCUT2D eigenvalue weighted by Gasteiger charge is 2.12. The van der Waals surface area contributed by atoms with Crippen molar-refractivity contribution in [3.8, 4) is 5.75 Å². The summed E-state index contributed by atoms with van der Waals surface area (Å²) < 4.78 is 5.69. The van der Waals surface area contributed by atoms with Crippen molar-refractivity contribution in [3.05, 3.63) is 29.8 Å². The molecule has 0 saturated heterocycles. The highest BCUT2D eigenvalue weighted by atomic mass is 16.5. The van der Waals surface area contributed by atoms with Crippen molar-refractivity contribution in [2.75, 3.05) is 6.61 Å². The summed E-state index contributed by atoms with van der Waals surface area (Å²) in [6, 6.07) is 7.32. The Morgan fingerprint density at radius 1 is 1.12 bits per heavy atom. The zero-order valence-electron chi connectivity index (χ0n) is 10.2. The molecule has 0 bridgehead atoms. The van der Waals surface area contributed by atoms with Crippen LogP contribution in [0.4, 0.5) is 0 Å². The lowest BCUT2D eigenvalue weighted by molar-refractivity contribution is 0.112. The summed E-state index contributed by atoms with van der Waals surface area (Å²) in [7, 11) is 0. The average molecular weight is 232 g/mol. The first-order valence-corrected chi connectivity index (χ1v) is 6.56. The second-order valence-corrected chi connectivity index (χ2v) is 4.83. The van der Waals surface area contributed by atoms with Gasteiger partial charge in [-0.1, -0.05) is 32.1 Å². The van der Waals surface area contributed by atoms with Gasteiger partial charge in [0.1, 0.15) is 12.0 Å². The molecule has 1 fully saturated rings. The fourth-order valence-electron chi connectivity index (χ4n) is 2.46. The quantitative estimate of drug-likeness (QED) is 0.721. The van der Waals surface area contributed by atoms with E-state index in [1.54, 1.807) is 12.1 Å². The van der Waals surface area contributed by atoms with Crippen LogP contribution in [0.2, 0.25) is 0 Å². The Kier molecular flexibility index (Phi) is 4.60. The molecule has 0 radical (unpaired) electrons. The van der Waals surface area contributed by atoms with Gasteiger partial charge in [0.25, 0.3) is 0 Å². The molecule has 0 N–H and O–H groups in total. The first-order chi connectivity index (χ1) is 8.38. The Balaban J connectivity index is 1.71. The zero-order chi connectivity index (χ0) is 11.9. The second-order valence-electron chi connectivity index (χ2n) is 4.83. The smallest absolute Gasteiger partial charge is 0.150 e. The zero-order valence-corrected chi connectivity index (χ0v) is 10.2. The van der Waals surface area contributed by atoms with Gasteiger partial charge in [-0.25, -0.2) is 0 Å². The Morgan fingerprint density at radius 2 is 1.82 bits per heavy atom. The van der Waals surface area contributed by atoms with Crippen LogP contribution in [0.25, 0.3) is 0 Å². The van der Waals surface area contributed by atoms with E-state index in [-0.39, 0.29) is 0 Å². The Morgan fingerprint density at radius 3 is 2.47 bits per heavy atom. The summed E-state index contributed by atoms with van der Waals surface area (Å²) in [4.78, 5) is 10.5. The average Bonchev–Trinajstić information content (AvgIpc) is 2.41. The van der Waals surface area contributed by atoms with E-state index >= 15 is 0 Å². The molecule has 1 aromatic carbocycles. The first-order valence-electron chi connectivity index (χ1n) is 6.56. The fraction of sp³-hybridized carbons (Fsp3) is 0.533. The Bertz CT molecular complexity index is 336. The van der Waals surface area contributed by atoms with E-state index in [2.05, 4.69) is 0 Å². The summed E-state index contributed by atoms with van der Waals surface area (Å²) in [6.45, 7) is 0.797. The summed E-state index contributed by atoms with van der Waals surface area (Å²) >= 11 is 0. The van der Waals surface area contributed by atoms with E-state index in [1.807, 2.05) is 12.1 Å². The van der Waals surface area contributed by atoms with Crippen LogP contribution >= 0.6 is 0 Å². The monoisotopic (exact) mass is 232 g/mol. The molecule has 2 nitrogen and oxygen atoms in total. The van der Waals surface area contributed by atoms with Gasteiger partial charge in [-0.3, -0.25) is 4.79 Å². The molecule has 0 spiro atoms. The fourth-order valence-corrected chi connectivity index (χ4v) is 2.46. The van der Waals surface area contributed by atoms with Gasteiger partial charge in [0, 0.05) is 5.56 Å². The predicted molar refractivity (Wildman–Crippen MR) is 68.5 cm³/mol. The van der Waals surface area contributed by atoms with Gasteiger partial charge in [-0.05, 0) is 36.6 Å². The molecule has 92 valence electrons. The van der Waals surface area contributed by atoms with Crippen LogP contribution in [0.15, 0.2) is 24.3 Å². The Labute approximate surface area is 103 Å². The van der Waals surface area contributed by atoms with Gasteiger partial charge < -0.3 is 4.74 Å². The molecule has 1 saturated carbocycles. The predicted octanol–water partition coefficient (Wildman–Crippen LogP) is 3.85. The van der Waals surface area contributed by atoms with Gasteiger partial charge in [0.05, 0.1) is 6.61 Å². The highest BCUT2D eigenvalue weighted by Crippen LogP contribution is 2.26. The lowest BCUT2D eigenvalue weighted by Crippen LogP contribution is -2.10. The summed E-state index contributed by atoms with van der Waals surface area (Å²) in [5.41, 5.74) is 0.699. The molecule has 0 aliphatic heterocycles. The van der Waals surface area contributed by atoms with Crippen LogP contribution in [0.3, 0.4) is 0 Å². The van der Waals surface area contributed by atoms with Crippen molar-refractivity contribution in [2.24, 2.45) is 5.92 Å². The largest absolute Gasteiger partial charge is 0.494 e. The van der Waals surface area contributed by atoms with E-state index in [1.165, 1.54) is 32.1 Å². The third kappa shape index (κ3) is 3.88. The van der Waals surface area contributed by atoms with Gasteiger partial charge in [-0.15, -0.1) is 0 Å². The number of hydrogen-bond donors (Lipinski definition) is 0. The summed E-state index contributed by atoms with van der Waals surface area (Å²) in [6.07, 6.45) is 8.93. The lowest BCUT2D eigenvalue weighted by atomic mass is 9.87. The van der Waals surface area contributed by atoms with Crippen molar-refractivity contribution < 1.29 is 9.53 Å². The molecule has 1 aromatic rings. The van der Waals surface area contributed by atoms with E-state index in [0.29, 0.717) is 5.56 Å². The number of hydrogen-bond acceptors (Lipinski definition) is 2. The molecular weight excluding hydrogens is 212 g/mol. The molecule has 0 unspecified atom stereocenters. The minimum absolute atomic E-state index is 0.699. The molecule has 1 aliphatic rings. The van der Waals surface area contributed by atoms with Crippen LogP contribution in [-0.4, -0.2) is 12.9 Å². The van der Waals surface area contributed by atoms with Crippen molar-refractivity contribution in [1.29, 1.82) is 0 Å². The van der Waals surface area contributed by atoms with Crippen molar-refractivity contribution >= 4 is 6.29 Å². The molecular formula is C15H20O2. The number of aldehydes is 1. The topological polar surface area (TPSA) is 26.3 Å². The lowest BCUT2D eigenvalue weighted by Gasteiger charge is -2.21. The molecule has 0 atom stereocenters. The standard InChI is InChI=1S/C15H20O2/c16-12-14-6-8-15(9-7-14)17-11-10-13-4-2-1-3-5-13/h6-9,12-13H,1-5,10-11H2. The van der Waals surface area contributed by atoms with Crippen LogP contribution in [0.1, 0.15) is 48.9 Å². The minimum atomic E-state index is 0.699. The van der Waals surface area contributed by atoms with Gasteiger partial charge in [-0.2, -0.15) is 0 Å². The first kappa shape index (κ1) is 12.2. The summed E-state index contributed by atoms with van der Waals surface area (Å²) in [5.74, 6) is 1.73. The number of rotatable bonds is 5. The third-order valence-electron chi connectivity index (χ3n) is 3.54. The van der Waals surface area contributed by atoms with Crippen molar-refractivity contribution in [3.63, 3.8) is 0 Å². The number of benzene rings is 1. The van der Waals surface area contributed by atoms with Gasteiger partial charge >= 0.3 is 0 Å². The molecule has 2 rings (SSSR count). The SMILES string of the molecule is O=Cc1ccc(OCCC2CCCCC2)cc1. The van der Waals surface area contributed by atoms with E-state index in [9.17, 15) is 4.79 Å². The molecule has 1 aliphatic carbocycles. The van der Waals surface area contributed by atoms with E-state index in [0.717, 1.165) is 31.0 Å². The minimum Gasteiger partial charge on any atom is -0.494 e. The van der Waals surface area contributed by atoms with E-state index < -0.39 is 0 Å². The maximum Gasteiger partial charge on any atom is 0.150 e. The van der Waals surface area contributed by atoms with Gasteiger partial charge in [0.15, 0.2) is 0 Å². The Hall–Kier alpha value is -1.31. The van der Waals surface area contributed by atoms with Crippen LogP contribution < -0.4 is 4.74 Å². The van der Waals surface area contributed by atoms with Crippen molar-refractivity contribution in [2.45, 2.75) is 38.5 Å². The second kappa shape index (κ2) is 6.43. The summed E-state index contributed by atoms with van der Waals surface area (Å²) in [5, 5.41) is 0. The maximum absolute atomic E-state index is 10.5. The molecule has 0 heterocycles. The highest BCUT2D eigenvalue weighted by molar-refractivity contribution is 5.74. The van der Waals surface area contributed by atoms with Crippen LogP contribution in [-0.2, 0) is 0 Å². The maximum atomic E-state index is 10.5. The molecule has 17 heavy (non-hydrogen) atoms. The van der Waals surface area contributed by atoms with Crippen molar-refractivity contribution in [1.82, 2.24) is 0 Å². The molecule has 0 aromatic heterocycles. The van der Waals surface area contributed by atoms with Crippen LogP contribution in [0, 0.1) is 5.92 Å². The third-order valence-corrected chi connectivity index (χ3v) is 3.54. The number of carbonyl (C=O) groups excluding carboxylic acids is 1. The number of carbonyl (C=O) groups is 1. The van der Waals surface area contributed by atoms with E-state index in [4.69, 9.17) is 4.74 Å². The number of ether oxygens (including phenoxy) is 1. The van der Waals surface area contributed by atoms with Gasteiger partial charge in [0.2, 0.25) is 0 Å². The molecule has 0 amide bonds. The van der Waals surface area contributed by atoms with Crippen LogP contribution in [0.5, 0.6) is 5.75 Å². The normalized spacial score (nSPS) is 16.7. The molecule has 2 heteroatoms.